The van der Waals surface area contributed by atoms with Crippen molar-refractivity contribution in [1.82, 2.24) is 5.32 Å². The molecule has 14 heavy (non-hydrogen) atoms. The minimum absolute atomic E-state index is 0.187. The van der Waals surface area contributed by atoms with Gasteiger partial charge in [-0.1, -0.05) is 0 Å². The fraction of sp³-hybridized carbons (Fsp3) is 0.714. The zero-order valence-corrected chi connectivity index (χ0v) is 8.08. The highest BCUT2D eigenvalue weighted by Crippen LogP contribution is 1.83. The van der Waals surface area contributed by atoms with E-state index in [-0.39, 0.29) is 24.1 Å². The van der Waals surface area contributed by atoms with Gasteiger partial charge in [-0.3, -0.25) is 9.59 Å². The van der Waals surface area contributed by atoms with Crippen LogP contribution in [0.4, 0.5) is 0 Å². The van der Waals surface area contributed by atoms with Crippen molar-refractivity contribution in [3.8, 4) is 0 Å². The summed E-state index contributed by atoms with van der Waals surface area (Å²) in [6, 6.07) is 0. The van der Waals surface area contributed by atoms with Crippen molar-refractivity contribution >= 4 is 11.8 Å². The van der Waals surface area contributed by atoms with E-state index in [1.165, 1.54) is 7.11 Å². The second-order valence-electron chi connectivity index (χ2n) is 2.69. The maximum absolute atomic E-state index is 11.0. The predicted molar refractivity (Wildman–Crippen MR) is 46.1 cm³/mol. The van der Waals surface area contributed by atoms with Gasteiger partial charge in [-0.25, -0.2) is 0 Å². The van der Waals surface area contributed by atoms with Crippen molar-refractivity contribution in [3.63, 3.8) is 0 Å². The fourth-order valence-corrected chi connectivity index (χ4v) is 0.762. The molecule has 0 spiro atoms. The van der Waals surface area contributed by atoms with Crippen LogP contribution in [0.2, 0.25) is 0 Å². The number of hydroxylamine groups is 2. The van der Waals surface area contributed by atoms with E-state index < -0.39 is 5.91 Å². The van der Waals surface area contributed by atoms with Gasteiger partial charge in [0, 0.05) is 13.0 Å². The van der Waals surface area contributed by atoms with Crippen LogP contribution in [0.3, 0.4) is 0 Å². The van der Waals surface area contributed by atoms with Crippen LogP contribution in [0, 0.1) is 0 Å². The summed E-state index contributed by atoms with van der Waals surface area (Å²) in [5, 5.41) is 11.0. The molecular weight excluding hydrogens is 190 g/mol. The summed E-state index contributed by atoms with van der Waals surface area (Å²) in [6.45, 7) is 0.172. The third-order valence-corrected chi connectivity index (χ3v) is 1.47. The number of nitrogens with one attached hydrogen (secondary N) is 2. The molecule has 0 saturated carbocycles. The molecule has 5 N–H and O–H groups in total. The normalized spacial score (nSPS) is 12.1. The first kappa shape index (κ1) is 12.8. The molecule has 0 aliphatic rings. The molecule has 7 heteroatoms. The number of hydrogen-bond donors (Lipinski definition) is 4. The third kappa shape index (κ3) is 7.47. The Morgan fingerprint density at radius 2 is 2.21 bits per heavy atom. The molecule has 0 fully saturated rings. The Balaban J connectivity index is 3.40. The fourth-order valence-electron chi connectivity index (χ4n) is 0.762. The van der Waals surface area contributed by atoms with E-state index in [1.54, 1.807) is 0 Å². The molecule has 82 valence electrons. The summed E-state index contributed by atoms with van der Waals surface area (Å²) < 4.78 is 0. The minimum Gasteiger partial charge on any atom is -0.370 e. The maximum Gasteiger partial charge on any atom is 0.281 e. The molecule has 0 heterocycles. The number of hydrogen-bond acceptors (Lipinski definition) is 4. The Labute approximate surface area is 81.7 Å². The van der Waals surface area contributed by atoms with E-state index >= 15 is 0 Å². The monoisotopic (exact) mass is 206 g/mol. The molecule has 0 aromatic rings. The highest BCUT2D eigenvalue weighted by molar-refractivity contribution is 5.77. The van der Waals surface area contributed by atoms with Gasteiger partial charge in [0.25, 0.3) is 5.91 Å². The SMILES string of the molecule is CO[NH+](O)CC(=O)NCCCC(N)=O. The van der Waals surface area contributed by atoms with E-state index in [0.717, 1.165) is 0 Å². The lowest BCUT2D eigenvalue weighted by atomic mass is 10.3. The Morgan fingerprint density at radius 3 is 2.71 bits per heavy atom. The first-order chi connectivity index (χ1) is 6.56. The second-order valence-corrected chi connectivity index (χ2v) is 2.69. The largest absolute Gasteiger partial charge is 0.370 e. The summed E-state index contributed by atoms with van der Waals surface area (Å²) in [4.78, 5) is 25.7. The average Bonchev–Trinajstić information content (AvgIpc) is 2.12. The first-order valence-corrected chi connectivity index (χ1v) is 4.20. The molecule has 1 atom stereocenters. The number of carbonyl (C=O) groups is 2. The molecule has 2 amide bonds. The summed E-state index contributed by atoms with van der Waals surface area (Å²) in [6.07, 6.45) is 0.731. The van der Waals surface area contributed by atoms with Crippen molar-refractivity contribution in [3.05, 3.63) is 0 Å². The second kappa shape index (κ2) is 7.25. The zero-order valence-electron chi connectivity index (χ0n) is 8.08. The van der Waals surface area contributed by atoms with Crippen LogP contribution in [0.5, 0.6) is 0 Å². The van der Waals surface area contributed by atoms with Crippen LogP contribution in [0.25, 0.3) is 0 Å². The van der Waals surface area contributed by atoms with Gasteiger partial charge in [0.1, 0.15) is 0 Å². The molecular formula is C7H16N3O4+. The molecule has 0 saturated heterocycles. The number of nitrogens with two attached hydrogens (primary N) is 1. The van der Waals surface area contributed by atoms with Gasteiger partial charge >= 0.3 is 0 Å². The van der Waals surface area contributed by atoms with Crippen molar-refractivity contribution in [1.29, 1.82) is 0 Å². The highest BCUT2D eigenvalue weighted by Gasteiger charge is 2.10. The van der Waals surface area contributed by atoms with Gasteiger partial charge in [-0.15, -0.1) is 0 Å². The Morgan fingerprint density at radius 1 is 1.57 bits per heavy atom. The van der Waals surface area contributed by atoms with Crippen molar-refractivity contribution < 1.29 is 24.9 Å². The van der Waals surface area contributed by atoms with Gasteiger partial charge < -0.3 is 11.1 Å². The predicted octanol–water partition coefficient (Wildman–Crippen LogP) is -2.80. The van der Waals surface area contributed by atoms with Crippen LogP contribution in [0.15, 0.2) is 0 Å². The third-order valence-electron chi connectivity index (χ3n) is 1.47. The maximum atomic E-state index is 11.0. The molecule has 0 aliphatic carbocycles. The van der Waals surface area contributed by atoms with E-state index in [9.17, 15) is 9.59 Å². The Hall–Kier alpha value is -1.18. The molecule has 7 nitrogen and oxygen atoms in total. The lowest BCUT2D eigenvalue weighted by molar-refractivity contribution is -1.23. The van der Waals surface area contributed by atoms with Crippen LogP contribution in [-0.4, -0.2) is 37.2 Å². The summed E-state index contributed by atoms with van der Waals surface area (Å²) in [5.74, 6) is -0.751. The van der Waals surface area contributed by atoms with Gasteiger partial charge in [-0.05, 0) is 11.6 Å². The smallest absolute Gasteiger partial charge is 0.281 e. The highest BCUT2D eigenvalue weighted by atomic mass is 16.9. The first-order valence-electron chi connectivity index (χ1n) is 4.20. The standard InChI is InChI=1S/C7H15N3O4/c1-14-10(13)5-7(12)9-4-2-3-6(8)11/h13H,2-5H2,1H3,(H2,8,11)(H,9,12)/p+1. The lowest BCUT2D eigenvalue weighted by Gasteiger charge is -2.06. The molecule has 1 unspecified atom stereocenters. The van der Waals surface area contributed by atoms with E-state index in [4.69, 9.17) is 10.9 Å². The van der Waals surface area contributed by atoms with E-state index in [2.05, 4.69) is 10.2 Å². The molecule has 0 bridgehead atoms. The molecule has 0 rings (SSSR count). The average molecular weight is 206 g/mol. The lowest BCUT2D eigenvalue weighted by Crippen LogP contribution is -3.09. The summed E-state index contributed by atoms with van der Waals surface area (Å²) in [7, 11) is 1.27. The van der Waals surface area contributed by atoms with Crippen LogP contribution >= 0.6 is 0 Å². The number of primary amides is 1. The van der Waals surface area contributed by atoms with Crippen LogP contribution < -0.4 is 16.3 Å². The number of quaternary nitrogens is 1. The van der Waals surface area contributed by atoms with Gasteiger partial charge in [0.2, 0.25) is 12.5 Å². The van der Waals surface area contributed by atoms with E-state index in [1.807, 2.05) is 0 Å². The minimum atomic E-state index is -0.398. The molecule has 0 aromatic heterocycles. The molecule has 0 aromatic carbocycles. The summed E-state index contributed by atoms with van der Waals surface area (Å²) >= 11 is 0. The Bertz CT molecular complexity index is 197. The van der Waals surface area contributed by atoms with Crippen LogP contribution in [0.1, 0.15) is 12.8 Å². The number of carbonyl (C=O) groups excluding carboxylic acids is 2. The van der Waals surface area contributed by atoms with Gasteiger partial charge in [0.05, 0.1) is 7.11 Å². The zero-order chi connectivity index (χ0) is 11.0. The molecule has 0 aliphatic heterocycles. The van der Waals surface area contributed by atoms with Crippen molar-refractivity contribution in [2.24, 2.45) is 5.73 Å². The van der Waals surface area contributed by atoms with Gasteiger partial charge in [-0.2, -0.15) is 10.0 Å². The van der Waals surface area contributed by atoms with Crippen molar-refractivity contribution in [2.75, 3.05) is 20.2 Å². The van der Waals surface area contributed by atoms with Crippen molar-refractivity contribution in [2.45, 2.75) is 12.8 Å². The number of amides is 2. The Kier molecular flexibility index (Phi) is 6.63. The topological polar surface area (TPSA) is 106 Å². The van der Waals surface area contributed by atoms with Crippen LogP contribution in [-0.2, 0) is 14.4 Å². The molecule has 0 radical (unpaired) electrons. The van der Waals surface area contributed by atoms with Gasteiger partial charge in [0.15, 0.2) is 0 Å². The van der Waals surface area contributed by atoms with E-state index in [0.29, 0.717) is 13.0 Å². The quantitative estimate of drug-likeness (QED) is 0.267. The summed E-state index contributed by atoms with van der Waals surface area (Å²) in [5.41, 5.74) is 4.90. The number of rotatable bonds is 7.